The third kappa shape index (κ3) is 7.59. The molecule has 2 amide bonds. The number of nitrogens with one attached hydrogen (secondary N) is 1. The van der Waals surface area contributed by atoms with Crippen LogP contribution in [0.4, 0.5) is 5.69 Å². The van der Waals surface area contributed by atoms with Gasteiger partial charge in [-0.3, -0.25) is 13.9 Å². The van der Waals surface area contributed by atoms with E-state index in [4.69, 9.17) is 23.2 Å². The molecule has 7 nitrogen and oxygen atoms in total. The topological polar surface area (TPSA) is 86.8 Å². The lowest BCUT2D eigenvalue weighted by molar-refractivity contribution is -0.139. The van der Waals surface area contributed by atoms with Crippen LogP contribution in [-0.2, 0) is 32.6 Å². The lowest BCUT2D eigenvalue weighted by Crippen LogP contribution is -2.52. The zero-order valence-corrected chi connectivity index (χ0v) is 23.0. The van der Waals surface area contributed by atoms with Gasteiger partial charge in [0, 0.05) is 28.2 Å². The highest BCUT2D eigenvalue weighted by Crippen LogP contribution is 2.28. The van der Waals surface area contributed by atoms with Gasteiger partial charge in [0.1, 0.15) is 12.6 Å². The molecule has 192 valence electrons. The van der Waals surface area contributed by atoms with Crippen LogP contribution in [0.5, 0.6) is 0 Å². The molecule has 0 aliphatic carbocycles. The van der Waals surface area contributed by atoms with Gasteiger partial charge in [0.05, 0.1) is 11.9 Å². The molecular formula is C25H33Cl2N3O4S. The standard InChI is InChI=1S/C25H33Cl2N3O4S/c1-6-17(3)28-25(32)18(4)29(15-20-21(26)12-10-13-22(20)27)24(31)16-30(35(5,33)34)23-14-9-8-11-19(23)7-2/h8-14,17-18H,6-7,15-16H2,1-5H3,(H,28,32). The van der Waals surface area contributed by atoms with Gasteiger partial charge in [0.25, 0.3) is 0 Å². The number of amides is 2. The van der Waals surface area contributed by atoms with Crippen molar-refractivity contribution in [3.63, 3.8) is 0 Å². The van der Waals surface area contributed by atoms with E-state index >= 15 is 0 Å². The average Bonchev–Trinajstić information content (AvgIpc) is 2.80. The lowest BCUT2D eigenvalue weighted by Gasteiger charge is -2.32. The zero-order valence-electron chi connectivity index (χ0n) is 20.7. The SMILES string of the molecule is CCc1ccccc1N(CC(=O)N(Cc1c(Cl)cccc1Cl)C(C)C(=O)NC(C)CC)S(C)(=O)=O. The molecule has 0 saturated carbocycles. The Morgan fingerprint density at radius 2 is 1.60 bits per heavy atom. The Hall–Kier alpha value is -2.29. The molecule has 2 aromatic carbocycles. The summed E-state index contributed by atoms with van der Waals surface area (Å²) in [6, 6.07) is 11.0. The van der Waals surface area contributed by atoms with Crippen molar-refractivity contribution in [3.05, 3.63) is 63.6 Å². The van der Waals surface area contributed by atoms with Crippen LogP contribution in [0.25, 0.3) is 0 Å². The third-order valence-electron chi connectivity index (χ3n) is 5.88. The predicted molar refractivity (Wildman–Crippen MR) is 142 cm³/mol. The first-order chi connectivity index (χ1) is 16.4. The monoisotopic (exact) mass is 541 g/mol. The molecule has 0 fully saturated rings. The van der Waals surface area contributed by atoms with E-state index in [0.717, 1.165) is 22.5 Å². The minimum absolute atomic E-state index is 0.0561. The molecular weight excluding hydrogens is 509 g/mol. The van der Waals surface area contributed by atoms with Crippen molar-refractivity contribution in [1.82, 2.24) is 10.2 Å². The van der Waals surface area contributed by atoms with Crippen LogP contribution in [-0.4, -0.2) is 50.0 Å². The second-order valence-corrected chi connectivity index (χ2v) is 11.2. The second-order valence-electron chi connectivity index (χ2n) is 8.47. The number of hydrogen-bond donors (Lipinski definition) is 1. The molecule has 2 atom stereocenters. The number of halogens is 2. The fraction of sp³-hybridized carbons (Fsp3) is 0.440. The van der Waals surface area contributed by atoms with Gasteiger partial charge < -0.3 is 10.2 Å². The minimum Gasteiger partial charge on any atom is -0.352 e. The van der Waals surface area contributed by atoms with E-state index in [1.807, 2.05) is 32.9 Å². The zero-order chi connectivity index (χ0) is 26.3. The van der Waals surface area contributed by atoms with Crippen LogP contribution in [0.2, 0.25) is 10.0 Å². The minimum atomic E-state index is -3.80. The van der Waals surface area contributed by atoms with Crippen molar-refractivity contribution in [2.24, 2.45) is 0 Å². The van der Waals surface area contributed by atoms with E-state index in [1.165, 1.54) is 4.90 Å². The number of aryl methyl sites for hydroxylation is 1. The Morgan fingerprint density at radius 1 is 1.00 bits per heavy atom. The van der Waals surface area contributed by atoms with Crippen LogP contribution in [0.3, 0.4) is 0 Å². The van der Waals surface area contributed by atoms with E-state index < -0.39 is 28.5 Å². The quantitative estimate of drug-likeness (QED) is 0.448. The second kappa shape index (κ2) is 12.6. The maximum atomic E-state index is 13.7. The molecule has 0 heterocycles. The first kappa shape index (κ1) is 28.9. The average molecular weight is 543 g/mol. The number of para-hydroxylation sites is 1. The van der Waals surface area contributed by atoms with Gasteiger partial charge in [-0.25, -0.2) is 8.42 Å². The predicted octanol–water partition coefficient (Wildman–Crippen LogP) is 4.65. The number of benzene rings is 2. The van der Waals surface area contributed by atoms with Crippen LogP contribution < -0.4 is 9.62 Å². The van der Waals surface area contributed by atoms with E-state index in [1.54, 1.807) is 37.3 Å². The van der Waals surface area contributed by atoms with Crippen molar-refractivity contribution in [1.29, 1.82) is 0 Å². The fourth-order valence-electron chi connectivity index (χ4n) is 3.55. The highest BCUT2D eigenvalue weighted by Gasteiger charge is 2.31. The number of anilines is 1. The molecule has 35 heavy (non-hydrogen) atoms. The summed E-state index contributed by atoms with van der Waals surface area (Å²) in [6.45, 7) is 6.80. The highest BCUT2D eigenvalue weighted by molar-refractivity contribution is 7.92. The van der Waals surface area contributed by atoms with Crippen molar-refractivity contribution in [2.45, 2.75) is 59.2 Å². The molecule has 10 heteroatoms. The maximum Gasteiger partial charge on any atom is 0.244 e. The summed E-state index contributed by atoms with van der Waals surface area (Å²) < 4.78 is 26.6. The van der Waals surface area contributed by atoms with Crippen LogP contribution in [0.15, 0.2) is 42.5 Å². The normalized spacial score (nSPS) is 13.1. The Kier molecular flexibility index (Phi) is 10.4. The Balaban J connectivity index is 2.48. The smallest absolute Gasteiger partial charge is 0.244 e. The fourth-order valence-corrected chi connectivity index (χ4v) is 4.95. The Morgan fingerprint density at radius 3 is 2.14 bits per heavy atom. The molecule has 0 aliphatic rings. The summed E-state index contributed by atoms with van der Waals surface area (Å²) in [4.78, 5) is 27.9. The van der Waals surface area contributed by atoms with E-state index in [-0.39, 0.29) is 18.5 Å². The molecule has 0 radical (unpaired) electrons. The van der Waals surface area contributed by atoms with Gasteiger partial charge in [0.2, 0.25) is 21.8 Å². The summed E-state index contributed by atoms with van der Waals surface area (Å²) in [5.74, 6) is -0.903. The Bertz CT molecular complexity index is 1140. The maximum absolute atomic E-state index is 13.7. The summed E-state index contributed by atoms with van der Waals surface area (Å²) >= 11 is 12.7. The highest BCUT2D eigenvalue weighted by atomic mass is 35.5. The molecule has 2 rings (SSSR count). The van der Waals surface area contributed by atoms with E-state index in [2.05, 4.69) is 5.32 Å². The van der Waals surface area contributed by atoms with Crippen molar-refractivity contribution >= 4 is 50.7 Å². The van der Waals surface area contributed by atoms with Gasteiger partial charge in [0.15, 0.2) is 0 Å². The summed E-state index contributed by atoms with van der Waals surface area (Å²) in [6.07, 6.45) is 2.36. The van der Waals surface area contributed by atoms with Gasteiger partial charge in [-0.2, -0.15) is 0 Å². The summed E-state index contributed by atoms with van der Waals surface area (Å²) in [7, 11) is -3.80. The van der Waals surface area contributed by atoms with Gasteiger partial charge in [-0.05, 0) is 50.5 Å². The van der Waals surface area contributed by atoms with Gasteiger partial charge >= 0.3 is 0 Å². The van der Waals surface area contributed by atoms with Gasteiger partial charge in [-0.1, -0.05) is 61.3 Å². The van der Waals surface area contributed by atoms with Crippen LogP contribution >= 0.6 is 23.2 Å². The third-order valence-corrected chi connectivity index (χ3v) is 7.71. The number of nitrogens with zero attached hydrogens (tertiary/aromatic N) is 2. The molecule has 0 bridgehead atoms. The molecule has 2 unspecified atom stereocenters. The van der Waals surface area contributed by atoms with Crippen molar-refractivity contribution < 1.29 is 18.0 Å². The lowest BCUT2D eigenvalue weighted by atomic mass is 10.1. The summed E-state index contributed by atoms with van der Waals surface area (Å²) in [5, 5.41) is 3.58. The number of rotatable bonds is 11. The molecule has 0 saturated heterocycles. The van der Waals surface area contributed by atoms with E-state index in [9.17, 15) is 18.0 Å². The number of carbonyl (C=O) groups excluding carboxylic acids is 2. The number of carbonyl (C=O) groups is 2. The molecule has 0 aromatic heterocycles. The number of sulfonamides is 1. The molecule has 0 aliphatic heterocycles. The summed E-state index contributed by atoms with van der Waals surface area (Å²) in [5.41, 5.74) is 1.69. The van der Waals surface area contributed by atoms with E-state index in [0.29, 0.717) is 27.7 Å². The first-order valence-electron chi connectivity index (χ1n) is 11.5. The van der Waals surface area contributed by atoms with Crippen molar-refractivity contribution in [2.75, 3.05) is 17.1 Å². The molecule has 0 spiro atoms. The number of hydrogen-bond acceptors (Lipinski definition) is 4. The van der Waals surface area contributed by atoms with Crippen LogP contribution in [0.1, 0.15) is 45.2 Å². The first-order valence-corrected chi connectivity index (χ1v) is 14.1. The Labute approximate surface area is 218 Å². The molecule has 1 N–H and O–H groups in total. The molecule has 2 aromatic rings. The van der Waals surface area contributed by atoms with Gasteiger partial charge in [-0.15, -0.1) is 0 Å². The van der Waals surface area contributed by atoms with Crippen molar-refractivity contribution in [3.8, 4) is 0 Å². The van der Waals surface area contributed by atoms with Crippen LogP contribution in [0, 0.1) is 0 Å². The largest absolute Gasteiger partial charge is 0.352 e.